The van der Waals surface area contributed by atoms with Gasteiger partial charge in [-0.05, 0) is 31.5 Å². The minimum atomic E-state index is -0.644. The Hall–Kier alpha value is -1.79. The molecule has 0 heterocycles. The highest BCUT2D eigenvalue weighted by atomic mass is 35.5. The molecule has 128 valence electrons. The van der Waals surface area contributed by atoms with Gasteiger partial charge in [-0.1, -0.05) is 0 Å². The highest BCUT2D eigenvalue weighted by Crippen LogP contribution is 2.23. The summed E-state index contributed by atoms with van der Waals surface area (Å²) in [7, 11) is 5.34. The maximum atomic E-state index is 12.4. The van der Waals surface area contributed by atoms with E-state index in [1.807, 2.05) is 19.0 Å². The number of anilines is 2. The molecule has 0 aliphatic rings. The molecule has 0 radical (unpaired) electrons. The van der Waals surface area contributed by atoms with Crippen molar-refractivity contribution in [3.63, 3.8) is 0 Å². The smallest absolute Gasteiger partial charge is 0.253 e. The SMILES string of the molecule is COCCCNC(=O)c1cc(NC(=O)C(C)Cl)ccc1N(C)C. The van der Waals surface area contributed by atoms with E-state index in [1.54, 1.807) is 32.2 Å². The molecule has 0 bridgehead atoms. The van der Waals surface area contributed by atoms with Gasteiger partial charge in [-0.15, -0.1) is 11.6 Å². The lowest BCUT2D eigenvalue weighted by atomic mass is 10.1. The number of hydrogen-bond donors (Lipinski definition) is 2. The van der Waals surface area contributed by atoms with Gasteiger partial charge < -0.3 is 20.3 Å². The largest absolute Gasteiger partial charge is 0.385 e. The Labute approximate surface area is 142 Å². The summed E-state index contributed by atoms with van der Waals surface area (Å²) < 4.78 is 4.96. The zero-order valence-corrected chi connectivity index (χ0v) is 14.7. The zero-order chi connectivity index (χ0) is 17.4. The summed E-state index contributed by atoms with van der Waals surface area (Å²) in [6.07, 6.45) is 0.736. The molecular weight excluding hydrogens is 318 g/mol. The summed E-state index contributed by atoms with van der Waals surface area (Å²) in [5.41, 5.74) is 1.80. The van der Waals surface area contributed by atoms with Gasteiger partial charge in [0, 0.05) is 45.7 Å². The maximum Gasteiger partial charge on any atom is 0.253 e. The van der Waals surface area contributed by atoms with Crippen LogP contribution >= 0.6 is 11.6 Å². The average Bonchev–Trinajstić information content (AvgIpc) is 2.50. The van der Waals surface area contributed by atoms with Crippen LogP contribution in [-0.4, -0.2) is 51.5 Å². The average molecular weight is 342 g/mol. The number of nitrogens with zero attached hydrogens (tertiary/aromatic N) is 1. The number of amides is 2. The first-order chi connectivity index (χ1) is 10.9. The molecule has 1 atom stereocenters. The van der Waals surface area contributed by atoms with Crippen LogP contribution in [0.3, 0.4) is 0 Å². The van der Waals surface area contributed by atoms with Crippen LogP contribution < -0.4 is 15.5 Å². The summed E-state index contributed by atoms with van der Waals surface area (Å²) in [6.45, 7) is 2.70. The first kappa shape index (κ1) is 19.3. The first-order valence-electron chi connectivity index (χ1n) is 7.40. The molecule has 0 aromatic heterocycles. The predicted molar refractivity (Wildman–Crippen MR) is 93.5 cm³/mol. The van der Waals surface area contributed by atoms with Crippen LogP contribution in [0.5, 0.6) is 0 Å². The Bertz CT molecular complexity index is 547. The van der Waals surface area contributed by atoms with E-state index >= 15 is 0 Å². The van der Waals surface area contributed by atoms with Crippen molar-refractivity contribution in [3.05, 3.63) is 23.8 Å². The van der Waals surface area contributed by atoms with Gasteiger partial charge in [-0.3, -0.25) is 9.59 Å². The number of alkyl halides is 1. The van der Waals surface area contributed by atoms with Crippen LogP contribution in [0.2, 0.25) is 0 Å². The van der Waals surface area contributed by atoms with Gasteiger partial charge in [0.15, 0.2) is 0 Å². The van der Waals surface area contributed by atoms with Crippen LogP contribution in [0.15, 0.2) is 18.2 Å². The molecule has 6 nitrogen and oxygen atoms in total. The molecule has 1 aromatic carbocycles. The van der Waals surface area contributed by atoms with E-state index in [9.17, 15) is 9.59 Å². The van der Waals surface area contributed by atoms with Crippen molar-refractivity contribution in [1.82, 2.24) is 5.32 Å². The van der Waals surface area contributed by atoms with Crippen LogP contribution in [0.1, 0.15) is 23.7 Å². The fourth-order valence-electron chi connectivity index (χ4n) is 1.94. The minimum Gasteiger partial charge on any atom is -0.385 e. The molecule has 0 aliphatic heterocycles. The topological polar surface area (TPSA) is 70.7 Å². The Morgan fingerprint density at radius 2 is 2.04 bits per heavy atom. The Kier molecular flexibility index (Phi) is 7.85. The van der Waals surface area contributed by atoms with E-state index in [0.29, 0.717) is 24.4 Å². The fourth-order valence-corrected chi connectivity index (χ4v) is 2.00. The molecule has 1 aromatic rings. The molecule has 0 fully saturated rings. The van der Waals surface area contributed by atoms with E-state index in [4.69, 9.17) is 16.3 Å². The van der Waals surface area contributed by atoms with Crippen LogP contribution in [0, 0.1) is 0 Å². The van der Waals surface area contributed by atoms with Crippen molar-refractivity contribution in [2.24, 2.45) is 0 Å². The van der Waals surface area contributed by atoms with Crippen LogP contribution in [-0.2, 0) is 9.53 Å². The van der Waals surface area contributed by atoms with Gasteiger partial charge in [0.2, 0.25) is 5.91 Å². The zero-order valence-electron chi connectivity index (χ0n) is 14.0. The molecule has 0 saturated heterocycles. The molecular formula is C16H24ClN3O3. The number of methoxy groups -OCH3 is 1. The number of hydrogen-bond acceptors (Lipinski definition) is 4. The normalized spacial score (nSPS) is 11.7. The third-order valence-corrected chi connectivity index (χ3v) is 3.36. The van der Waals surface area contributed by atoms with Crippen molar-refractivity contribution in [2.45, 2.75) is 18.7 Å². The van der Waals surface area contributed by atoms with Crippen LogP contribution in [0.4, 0.5) is 11.4 Å². The standard InChI is InChI=1S/C16H24ClN3O3/c1-11(17)15(21)19-12-6-7-14(20(2)3)13(10-12)16(22)18-8-5-9-23-4/h6-7,10-11H,5,8-9H2,1-4H3,(H,18,22)(H,19,21). The second-order valence-corrected chi connectivity index (χ2v) is 5.99. The van der Waals surface area contributed by atoms with Gasteiger partial charge in [0.1, 0.15) is 5.38 Å². The summed E-state index contributed by atoms with van der Waals surface area (Å²) in [6, 6.07) is 5.19. The lowest BCUT2D eigenvalue weighted by molar-refractivity contribution is -0.115. The summed E-state index contributed by atoms with van der Waals surface area (Å²) in [5.74, 6) is -0.504. The Morgan fingerprint density at radius 1 is 1.35 bits per heavy atom. The third-order valence-electron chi connectivity index (χ3n) is 3.16. The second kappa shape index (κ2) is 9.37. The number of carbonyl (C=O) groups excluding carboxylic acids is 2. The minimum absolute atomic E-state index is 0.195. The maximum absolute atomic E-state index is 12.4. The van der Waals surface area contributed by atoms with E-state index in [-0.39, 0.29) is 11.8 Å². The number of nitrogens with one attached hydrogen (secondary N) is 2. The lowest BCUT2D eigenvalue weighted by Gasteiger charge is -2.18. The molecule has 1 rings (SSSR count). The van der Waals surface area contributed by atoms with E-state index in [2.05, 4.69) is 10.6 Å². The van der Waals surface area contributed by atoms with Gasteiger partial charge in [0.25, 0.3) is 5.91 Å². The molecule has 1 unspecified atom stereocenters. The van der Waals surface area contributed by atoms with Crippen molar-refractivity contribution in [3.8, 4) is 0 Å². The van der Waals surface area contributed by atoms with E-state index in [0.717, 1.165) is 12.1 Å². The van der Waals surface area contributed by atoms with Gasteiger partial charge in [-0.2, -0.15) is 0 Å². The molecule has 7 heteroatoms. The monoisotopic (exact) mass is 341 g/mol. The molecule has 0 spiro atoms. The lowest BCUT2D eigenvalue weighted by Crippen LogP contribution is -2.27. The quantitative estimate of drug-likeness (QED) is 0.561. The fraction of sp³-hybridized carbons (Fsp3) is 0.500. The summed E-state index contributed by atoms with van der Waals surface area (Å²) in [4.78, 5) is 25.9. The van der Waals surface area contributed by atoms with Crippen molar-refractivity contribution in [2.75, 3.05) is 44.6 Å². The van der Waals surface area contributed by atoms with E-state index in [1.165, 1.54) is 0 Å². The van der Waals surface area contributed by atoms with Crippen molar-refractivity contribution < 1.29 is 14.3 Å². The summed E-state index contributed by atoms with van der Waals surface area (Å²) >= 11 is 5.75. The Balaban J connectivity index is 2.92. The molecule has 23 heavy (non-hydrogen) atoms. The number of halogens is 1. The summed E-state index contributed by atoms with van der Waals surface area (Å²) in [5, 5.41) is 4.89. The third kappa shape index (κ3) is 6.08. The van der Waals surface area contributed by atoms with Crippen LogP contribution in [0.25, 0.3) is 0 Å². The van der Waals surface area contributed by atoms with E-state index < -0.39 is 5.38 Å². The van der Waals surface area contributed by atoms with Gasteiger partial charge in [0.05, 0.1) is 5.56 Å². The predicted octanol–water partition coefficient (Wildman–Crippen LogP) is 2.08. The highest BCUT2D eigenvalue weighted by molar-refractivity contribution is 6.32. The molecule has 0 aliphatic carbocycles. The van der Waals surface area contributed by atoms with Gasteiger partial charge >= 0.3 is 0 Å². The van der Waals surface area contributed by atoms with Crippen molar-refractivity contribution in [1.29, 1.82) is 0 Å². The number of rotatable bonds is 8. The van der Waals surface area contributed by atoms with Crippen molar-refractivity contribution >= 4 is 34.8 Å². The van der Waals surface area contributed by atoms with Gasteiger partial charge in [-0.25, -0.2) is 0 Å². The number of benzene rings is 1. The molecule has 2 amide bonds. The second-order valence-electron chi connectivity index (χ2n) is 5.33. The molecule has 0 saturated carbocycles. The highest BCUT2D eigenvalue weighted by Gasteiger charge is 2.15. The molecule has 2 N–H and O–H groups in total. The number of ether oxygens (including phenoxy) is 1. The first-order valence-corrected chi connectivity index (χ1v) is 7.84. The number of carbonyl (C=O) groups is 2. The Morgan fingerprint density at radius 3 is 2.61 bits per heavy atom.